The Bertz CT molecular complexity index is 525. The summed E-state index contributed by atoms with van der Waals surface area (Å²) in [5.41, 5.74) is 1.02. The standard InChI is InChI=1S/C15H25N3O2S/c1-17(2)13-10-15(14-8-4-3-5-9-14)16-21(19,20)18-11-6-7-12-18/h3-5,8-9,15-16H,6-7,10-13H2,1-2H3/t15-/m1/s1. The van der Waals surface area contributed by atoms with Gasteiger partial charge in [0.2, 0.25) is 0 Å². The predicted octanol–water partition coefficient (Wildman–Crippen LogP) is 1.61. The average Bonchev–Trinajstić information content (AvgIpc) is 2.99. The van der Waals surface area contributed by atoms with Crippen molar-refractivity contribution in [2.75, 3.05) is 33.7 Å². The van der Waals surface area contributed by atoms with E-state index in [1.165, 1.54) is 0 Å². The van der Waals surface area contributed by atoms with Gasteiger partial charge in [-0.2, -0.15) is 17.4 Å². The molecule has 0 spiro atoms. The fraction of sp³-hybridized carbons (Fsp3) is 0.600. The van der Waals surface area contributed by atoms with Crippen LogP contribution in [-0.2, 0) is 10.2 Å². The molecule has 1 atom stereocenters. The molecule has 1 aromatic carbocycles. The van der Waals surface area contributed by atoms with Crippen LogP contribution >= 0.6 is 0 Å². The number of hydrogen-bond acceptors (Lipinski definition) is 3. The van der Waals surface area contributed by atoms with Crippen molar-refractivity contribution in [1.29, 1.82) is 0 Å². The van der Waals surface area contributed by atoms with Gasteiger partial charge in [-0.15, -0.1) is 0 Å². The van der Waals surface area contributed by atoms with Crippen LogP contribution in [0.5, 0.6) is 0 Å². The van der Waals surface area contributed by atoms with Gasteiger partial charge in [-0.1, -0.05) is 30.3 Å². The average molecular weight is 311 g/mol. The Morgan fingerprint density at radius 3 is 2.38 bits per heavy atom. The van der Waals surface area contributed by atoms with Crippen LogP contribution in [0, 0.1) is 0 Å². The summed E-state index contributed by atoms with van der Waals surface area (Å²) >= 11 is 0. The molecule has 0 unspecified atom stereocenters. The first-order chi connectivity index (χ1) is 9.99. The molecule has 1 N–H and O–H groups in total. The molecule has 118 valence electrons. The van der Waals surface area contributed by atoms with Gasteiger partial charge in [-0.25, -0.2) is 0 Å². The lowest BCUT2D eigenvalue weighted by molar-refractivity contribution is 0.370. The summed E-state index contributed by atoms with van der Waals surface area (Å²) in [6.07, 6.45) is 2.66. The summed E-state index contributed by atoms with van der Waals surface area (Å²) in [5, 5.41) is 0. The van der Waals surface area contributed by atoms with Crippen molar-refractivity contribution in [3.8, 4) is 0 Å². The number of benzene rings is 1. The minimum absolute atomic E-state index is 0.181. The zero-order valence-electron chi connectivity index (χ0n) is 12.8. The minimum atomic E-state index is -3.39. The molecule has 1 aliphatic heterocycles. The van der Waals surface area contributed by atoms with Crippen LogP contribution in [0.4, 0.5) is 0 Å². The summed E-state index contributed by atoms with van der Waals surface area (Å²) in [5.74, 6) is 0. The zero-order chi connectivity index (χ0) is 15.3. The number of nitrogens with zero attached hydrogens (tertiary/aromatic N) is 2. The van der Waals surface area contributed by atoms with E-state index in [1.807, 2.05) is 44.4 Å². The molecule has 1 saturated heterocycles. The zero-order valence-corrected chi connectivity index (χ0v) is 13.6. The molecule has 0 aromatic heterocycles. The van der Waals surface area contributed by atoms with Gasteiger partial charge < -0.3 is 4.90 Å². The summed E-state index contributed by atoms with van der Waals surface area (Å²) in [4.78, 5) is 2.07. The van der Waals surface area contributed by atoms with Crippen molar-refractivity contribution in [2.45, 2.75) is 25.3 Å². The maximum atomic E-state index is 12.5. The summed E-state index contributed by atoms with van der Waals surface area (Å²) in [7, 11) is 0.604. The van der Waals surface area contributed by atoms with Gasteiger partial charge in [-0.05, 0) is 45.5 Å². The van der Waals surface area contributed by atoms with Crippen molar-refractivity contribution < 1.29 is 8.42 Å². The Morgan fingerprint density at radius 1 is 1.19 bits per heavy atom. The number of hydrogen-bond donors (Lipinski definition) is 1. The summed E-state index contributed by atoms with van der Waals surface area (Å²) in [6.45, 7) is 2.09. The summed E-state index contributed by atoms with van der Waals surface area (Å²) < 4.78 is 29.4. The van der Waals surface area contributed by atoms with Gasteiger partial charge in [0.25, 0.3) is 10.2 Å². The molecule has 2 rings (SSSR count). The minimum Gasteiger partial charge on any atom is -0.309 e. The van der Waals surface area contributed by atoms with Gasteiger partial charge in [0.1, 0.15) is 0 Å². The van der Waals surface area contributed by atoms with Crippen molar-refractivity contribution in [3.63, 3.8) is 0 Å². The van der Waals surface area contributed by atoms with Crippen LogP contribution in [0.15, 0.2) is 30.3 Å². The molecule has 1 aromatic rings. The number of nitrogens with one attached hydrogen (secondary N) is 1. The van der Waals surface area contributed by atoms with E-state index in [0.29, 0.717) is 13.1 Å². The van der Waals surface area contributed by atoms with E-state index in [2.05, 4.69) is 9.62 Å². The molecule has 6 heteroatoms. The Morgan fingerprint density at radius 2 is 1.81 bits per heavy atom. The number of rotatable bonds is 7. The second-order valence-electron chi connectivity index (χ2n) is 5.78. The topological polar surface area (TPSA) is 52.7 Å². The highest BCUT2D eigenvalue weighted by atomic mass is 32.2. The molecule has 0 radical (unpaired) electrons. The Kier molecular flexibility index (Phi) is 5.75. The third kappa shape index (κ3) is 4.78. The van der Waals surface area contributed by atoms with E-state index in [0.717, 1.165) is 31.4 Å². The molecule has 1 aliphatic rings. The van der Waals surface area contributed by atoms with Crippen molar-refractivity contribution in [1.82, 2.24) is 13.9 Å². The highest BCUT2D eigenvalue weighted by Gasteiger charge is 2.28. The van der Waals surface area contributed by atoms with Gasteiger partial charge in [0.15, 0.2) is 0 Å². The first kappa shape index (κ1) is 16.4. The quantitative estimate of drug-likeness (QED) is 0.832. The van der Waals surface area contributed by atoms with E-state index < -0.39 is 10.2 Å². The van der Waals surface area contributed by atoms with Gasteiger partial charge in [0.05, 0.1) is 0 Å². The normalized spacial score (nSPS) is 18.2. The molecule has 0 bridgehead atoms. The molecule has 21 heavy (non-hydrogen) atoms. The SMILES string of the molecule is CN(C)CC[C@@H](NS(=O)(=O)N1CCCC1)c1ccccc1. The van der Waals surface area contributed by atoms with E-state index in [-0.39, 0.29) is 6.04 Å². The fourth-order valence-corrected chi connectivity index (χ4v) is 4.05. The largest absolute Gasteiger partial charge is 0.309 e. The Labute approximate surface area is 128 Å². The van der Waals surface area contributed by atoms with Crippen molar-refractivity contribution in [2.24, 2.45) is 0 Å². The lowest BCUT2D eigenvalue weighted by Gasteiger charge is -2.24. The van der Waals surface area contributed by atoms with Gasteiger partial charge >= 0.3 is 0 Å². The van der Waals surface area contributed by atoms with E-state index in [4.69, 9.17) is 0 Å². The van der Waals surface area contributed by atoms with E-state index in [9.17, 15) is 8.42 Å². The smallest absolute Gasteiger partial charge is 0.280 e. The molecule has 0 amide bonds. The molecule has 1 heterocycles. The van der Waals surface area contributed by atoms with Crippen molar-refractivity contribution >= 4 is 10.2 Å². The van der Waals surface area contributed by atoms with Crippen LogP contribution in [0.25, 0.3) is 0 Å². The van der Waals surface area contributed by atoms with Crippen LogP contribution in [0.2, 0.25) is 0 Å². The molecule has 0 saturated carbocycles. The fourth-order valence-electron chi connectivity index (χ4n) is 2.55. The molecule has 0 aliphatic carbocycles. The lowest BCUT2D eigenvalue weighted by atomic mass is 10.0. The van der Waals surface area contributed by atoms with E-state index >= 15 is 0 Å². The Balaban J connectivity index is 2.11. The van der Waals surface area contributed by atoms with Gasteiger partial charge in [-0.3, -0.25) is 0 Å². The second kappa shape index (κ2) is 7.35. The summed E-state index contributed by atoms with van der Waals surface area (Å²) in [6, 6.07) is 9.62. The Hall–Kier alpha value is -0.950. The van der Waals surface area contributed by atoms with Crippen LogP contribution < -0.4 is 4.72 Å². The monoisotopic (exact) mass is 311 g/mol. The second-order valence-corrected chi connectivity index (χ2v) is 7.49. The third-order valence-corrected chi connectivity index (χ3v) is 5.39. The maximum Gasteiger partial charge on any atom is 0.280 e. The van der Waals surface area contributed by atoms with E-state index in [1.54, 1.807) is 4.31 Å². The first-order valence-electron chi connectivity index (χ1n) is 7.46. The first-order valence-corrected chi connectivity index (χ1v) is 8.90. The molecular formula is C15H25N3O2S. The molecular weight excluding hydrogens is 286 g/mol. The third-order valence-electron chi connectivity index (χ3n) is 3.76. The molecule has 1 fully saturated rings. The maximum absolute atomic E-state index is 12.5. The molecule has 5 nitrogen and oxygen atoms in total. The van der Waals surface area contributed by atoms with Gasteiger partial charge in [0, 0.05) is 19.1 Å². The van der Waals surface area contributed by atoms with Crippen LogP contribution in [0.1, 0.15) is 30.9 Å². The predicted molar refractivity (Wildman–Crippen MR) is 85.2 cm³/mol. The highest BCUT2D eigenvalue weighted by Crippen LogP contribution is 2.20. The highest BCUT2D eigenvalue weighted by molar-refractivity contribution is 7.87. The van der Waals surface area contributed by atoms with Crippen molar-refractivity contribution in [3.05, 3.63) is 35.9 Å². The van der Waals surface area contributed by atoms with Crippen LogP contribution in [0.3, 0.4) is 0 Å². The van der Waals surface area contributed by atoms with Crippen LogP contribution in [-0.4, -0.2) is 51.4 Å². The lowest BCUT2D eigenvalue weighted by Crippen LogP contribution is -2.41.